The Balaban J connectivity index is 2.30. The van der Waals surface area contributed by atoms with Gasteiger partial charge in [0.1, 0.15) is 10.7 Å². The average molecular weight is 365 g/mol. The molecule has 0 radical (unpaired) electrons. The van der Waals surface area contributed by atoms with E-state index in [1.807, 2.05) is 0 Å². The van der Waals surface area contributed by atoms with Crippen LogP contribution in [0.5, 0.6) is 5.06 Å². The molecule has 0 aliphatic heterocycles. The van der Waals surface area contributed by atoms with Crippen molar-refractivity contribution in [3.8, 4) is 5.06 Å². The van der Waals surface area contributed by atoms with Gasteiger partial charge in [-0.15, -0.1) is 11.3 Å². The molecule has 5 nitrogen and oxygen atoms in total. The topological polar surface area (TPSA) is 72.5 Å². The smallest absolute Gasteiger partial charge is 0.268 e. The van der Waals surface area contributed by atoms with Crippen molar-refractivity contribution in [1.29, 1.82) is 0 Å². The van der Waals surface area contributed by atoms with E-state index in [0.29, 0.717) is 12.1 Å². The molecule has 23 heavy (non-hydrogen) atoms. The second-order valence-corrected chi connectivity index (χ2v) is 6.78. The maximum atomic E-state index is 13.2. The second kappa shape index (κ2) is 6.59. The summed E-state index contributed by atoms with van der Waals surface area (Å²) in [5, 5.41) is 1.52. The first-order valence-corrected chi connectivity index (χ1v) is 8.38. The Morgan fingerprint density at radius 1 is 1.30 bits per heavy atom. The van der Waals surface area contributed by atoms with Crippen molar-refractivity contribution < 1.29 is 31.1 Å². The number of halogens is 3. The molecule has 0 aliphatic carbocycles. The zero-order chi connectivity index (χ0) is 17.2. The Kier molecular flexibility index (Phi) is 4.95. The first-order chi connectivity index (χ1) is 10.8. The maximum absolute atomic E-state index is 13.2. The number of carbonyl (C=O) groups excluding carboxylic acids is 1. The minimum atomic E-state index is -4.25. The molecular weight excluding hydrogens is 355 g/mol. The molecule has 124 valence electrons. The van der Waals surface area contributed by atoms with Crippen LogP contribution >= 0.6 is 11.3 Å². The lowest BCUT2D eigenvalue weighted by molar-refractivity contribution is 0.0980. The summed E-state index contributed by atoms with van der Waals surface area (Å²) in [6.45, 7) is 0. The summed E-state index contributed by atoms with van der Waals surface area (Å²) in [6.07, 6.45) is -3.13. The Labute approximate surface area is 133 Å². The number of thiophene rings is 1. The number of methoxy groups -OCH3 is 1. The minimum absolute atomic E-state index is 0.0673. The largest absolute Gasteiger partial charge is 0.486 e. The number of hydrogen-bond acceptors (Lipinski definition) is 5. The van der Waals surface area contributed by atoms with Crippen molar-refractivity contribution in [3.63, 3.8) is 0 Å². The zero-order valence-corrected chi connectivity index (χ0v) is 13.2. The van der Waals surface area contributed by atoms with Crippen LogP contribution in [0.25, 0.3) is 0 Å². The number of hydrogen-bond donors (Lipinski definition) is 1. The highest BCUT2D eigenvalue weighted by Crippen LogP contribution is 2.30. The molecule has 0 atom stereocenters. The molecule has 0 saturated heterocycles. The van der Waals surface area contributed by atoms with Crippen molar-refractivity contribution in [2.24, 2.45) is 0 Å². The standard InChI is InChI=1S/C13H10F3NO4S2/c1-21-13-10(4-5-22-13)23(19,20)17-12(18)7-2-3-9(14)8(6-7)11(15)16/h2-6,11H,1H3,(H,17,18). The monoisotopic (exact) mass is 365 g/mol. The number of ether oxygens (including phenoxy) is 1. The molecular formula is C13H10F3NO4S2. The molecule has 0 bridgehead atoms. The van der Waals surface area contributed by atoms with Crippen molar-refractivity contribution in [3.05, 3.63) is 46.6 Å². The highest BCUT2D eigenvalue weighted by atomic mass is 32.2. The molecule has 1 heterocycles. The van der Waals surface area contributed by atoms with E-state index in [-0.39, 0.29) is 9.96 Å². The van der Waals surface area contributed by atoms with Crippen LogP contribution in [0.1, 0.15) is 22.3 Å². The lowest BCUT2D eigenvalue weighted by Gasteiger charge is -2.09. The minimum Gasteiger partial charge on any atom is -0.486 e. The summed E-state index contributed by atoms with van der Waals surface area (Å²) in [5.41, 5.74) is -1.39. The van der Waals surface area contributed by atoms with Crippen molar-refractivity contribution in [2.45, 2.75) is 11.3 Å². The molecule has 0 saturated carbocycles. The van der Waals surface area contributed by atoms with Gasteiger partial charge < -0.3 is 4.74 Å². The van der Waals surface area contributed by atoms with Crippen LogP contribution in [0, 0.1) is 5.82 Å². The first kappa shape index (κ1) is 17.3. The van der Waals surface area contributed by atoms with Crippen LogP contribution in [0.2, 0.25) is 0 Å². The lowest BCUT2D eigenvalue weighted by atomic mass is 10.1. The fraction of sp³-hybridized carbons (Fsp3) is 0.154. The Morgan fingerprint density at radius 3 is 2.61 bits per heavy atom. The molecule has 1 aromatic carbocycles. The Bertz CT molecular complexity index is 833. The number of carbonyl (C=O) groups is 1. The number of rotatable bonds is 5. The third-order valence-electron chi connectivity index (χ3n) is 2.79. The molecule has 1 amide bonds. The molecule has 0 unspecified atom stereocenters. The van der Waals surface area contributed by atoms with Gasteiger partial charge >= 0.3 is 0 Å². The van der Waals surface area contributed by atoms with E-state index in [1.165, 1.54) is 18.6 Å². The van der Waals surface area contributed by atoms with Crippen LogP contribution in [-0.4, -0.2) is 21.4 Å². The van der Waals surface area contributed by atoms with E-state index in [1.54, 1.807) is 4.72 Å². The van der Waals surface area contributed by atoms with Crippen molar-refractivity contribution in [2.75, 3.05) is 7.11 Å². The number of amides is 1. The average Bonchev–Trinajstić information content (AvgIpc) is 2.96. The van der Waals surface area contributed by atoms with Crippen LogP contribution in [0.15, 0.2) is 34.5 Å². The van der Waals surface area contributed by atoms with Gasteiger partial charge in [-0.3, -0.25) is 4.79 Å². The highest BCUT2D eigenvalue weighted by molar-refractivity contribution is 7.90. The van der Waals surface area contributed by atoms with E-state index < -0.39 is 39.3 Å². The van der Waals surface area contributed by atoms with Gasteiger partial charge in [-0.2, -0.15) is 0 Å². The molecule has 1 N–H and O–H groups in total. The number of benzene rings is 1. The van der Waals surface area contributed by atoms with Gasteiger partial charge in [0.25, 0.3) is 22.4 Å². The summed E-state index contributed by atoms with van der Waals surface area (Å²) in [4.78, 5) is 11.7. The van der Waals surface area contributed by atoms with E-state index in [4.69, 9.17) is 4.74 Å². The predicted octanol–water partition coefficient (Wildman–Crippen LogP) is 2.95. The van der Waals surface area contributed by atoms with Crippen LogP contribution in [-0.2, 0) is 10.0 Å². The molecule has 1 aromatic heterocycles. The number of alkyl halides is 2. The third kappa shape index (κ3) is 3.64. The normalized spacial score (nSPS) is 11.5. The van der Waals surface area contributed by atoms with Crippen molar-refractivity contribution in [1.82, 2.24) is 4.72 Å². The maximum Gasteiger partial charge on any atom is 0.268 e. The van der Waals surface area contributed by atoms with Gasteiger partial charge in [-0.05, 0) is 29.6 Å². The number of nitrogens with one attached hydrogen (secondary N) is 1. The van der Waals surface area contributed by atoms with Gasteiger partial charge in [0.05, 0.1) is 12.7 Å². The lowest BCUT2D eigenvalue weighted by Crippen LogP contribution is -2.30. The van der Waals surface area contributed by atoms with Gasteiger partial charge in [-0.1, -0.05) is 0 Å². The summed E-state index contributed by atoms with van der Waals surface area (Å²) >= 11 is 1.01. The third-order valence-corrected chi connectivity index (χ3v) is 5.15. The van der Waals surface area contributed by atoms with Crippen LogP contribution in [0.4, 0.5) is 13.2 Å². The van der Waals surface area contributed by atoms with Gasteiger partial charge in [0.15, 0.2) is 5.06 Å². The van der Waals surface area contributed by atoms with E-state index >= 15 is 0 Å². The van der Waals surface area contributed by atoms with Gasteiger partial charge in [0, 0.05) is 5.56 Å². The van der Waals surface area contributed by atoms with Gasteiger partial charge in [-0.25, -0.2) is 26.3 Å². The Morgan fingerprint density at radius 2 is 2.00 bits per heavy atom. The predicted molar refractivity (Wildman–Crippen MR) is 76.9 cm³/mol. The number of sulfonamides is 1. The molecule has 2 rings (SSSR count). The molecule has 0 aliphatic rings. The molecule has 10 heteroatoms. The highest BCUT2D eigenvalue weighted by Gasteiger charge is 2.25. The molecule has 2 aromatic rings. The van der Waals surface area contributed by atoms with Gasteiger partial charge in [0.2, 0.25) is 0 Å². The van der Waals surface area contributed by atoms with E-state index in [0.717, 1.165) is 17.4 Å². The molecule has 0 spiro atoms. The fourth-order valence-electron chi connectivity index (χ4n) is 1.72. The van der Waals surface area contributed by atoms with Crippen molar-refractivity contribution >= 4 is 27.3 Å². The fourth-order valence-corrected chi connectivity index (χ4v) is 3.91. The summed E-state index contributed by atoms with van der Waals surface area (Å²) in [6, 6.07) is 3.43. The Hall–Kier alpha value is -2.07. The molecule has 0 fully saturated rings. The van der Waals surface area contributed by atoms with E-state index in [9.17, 15) is 26.4 Å². The first-order valence-electron chi connectivity index (χ1n) is 6.02. The second-order valence-electron chi connectivity index (χ2n) is 4.25. The summed E-state index contributed by atoms with van der Waals surface area (Å²) < 4.78 is 69.3. The zero-order valence-electron chi connectivity index (χ0n) is 11.5. The summed E-state index contributed by atoms with van der Waals surface area (Å²) in [5.74, 6) is -2.33. The van der Waals surface area contributed by atoms with Crippen LogP contribution in [0.3, 0.4) is 0 Å². The SMILES string of the molecule is COc1sccc1S(=O)(=O)NC(=O)c1ccc(F)c(C(F)F)c1. The van der Waals surface area contributed by atoms with E-state index in [2.05, 4.69) is 0 Å². The summed E-state index contributed by atoms with van der Waals surface area (Å²) in [7, 11) is -2.98. The van der Waals surface area contributed by atoms with Crippen LogP contribution < -0.4 is 9.46 Å². The quantitative estimate of drug-likeness (QED) is 0.884.